The van der Waals surface area contributed by atoms with E-state index in [0.29, 0.717) is 6.10 Å². The molecule has 1 nitrogen and oxygen atoms in total. The zero-order valence-corrected chi connectivity index (χ0v) is 16.3. The van der Waals surface area contributed by atoms with Crippen molar-refractivity contribution in [2.45, 2.75) is 110 Å². The summed E-state index contributed by atoms with van der Waals surface area (Å²) < 4.78 is 6.24. The van der Waals surface area contributed by atoms with Gasteiger partial charge in [-0.15, -0.1) is 6.58 Å². The van der Waals surface area contributed by atoms with E-state index in [4.69, 9.17) is 4.43 Å². The van der Waals surface area contributed by atoms with Crippen LogP contribution in [0, 0.1) is 0 Å². The van der Waals surface area contributed by atoms with E-state index in [2.05, 4.69) is 33.5 Å². The van der Waals surface area contributed by atoms with Gasteiger partial charge in [0.05, 0.1) is 0 Å². The summed E-state index contributed by atoms with van der Waals surface area (Å²) in [4.78, 5) is 0. The number of unbranched alkanes of at least 4 members (excludes halogenated alkanes) is 9. The number of hydrogen-bond acceptors (Lipinski definition) is 1. The Morgan fingerprint density at radius 1 is 0.857 bits per heavy atom. The van der Waals surface area contributed by atoms with Gasteiger partial charge in [0.25, 0.3) is 0 Å². The Bertz CT molecular complexity index is 238. The summed E-state index contributed by atoms with van der Waals surface area (Å²) >= 11 is 0. The van der Waals surface area contributed by atoms with Crippen LogP contribution in [0.5, 0.6) is 0 Å². The van der Waals surface area contributed by atoms with Crippen molar-refractivity contribution in [2.75, 3.05) is 0 Å². The van der Waals surface area contributed by atoms with E-state index in [0.717, 1.165) is 6.42 Å². The van der Waals surface area contributed by atoms with E-state index in [1.165, 1.54) is 70.6 Å². The summed E-state index contributed by atoms with van der Waals surface area (Å²) in [6.07, 6.45) is 16.9. The summed E-state index contributed by atoms with van der Waals surface area (Å²) in [5.41, 5.74) is 2.05. The van der Waals surface area contributed by atoms with Gasteiger partial charge in [-0.25, -0.2) is 0 Å². The van der Waals surface area contributed by atoms with Gasteiger partial charge >= 0.3 is 0 Å². The summed E-state index contributed by atoms with van der Waals surface area (Å²) in [6, 6.07) is 0. The zero-order chi connectivity index (χ0) is 16.0. The first-order valence-corrected chi connectivity index (χ1v) is 12.4. The van der Waals surface area contributed by atoms with E-state index in [-0.39, 0.29) is 0 Å². The highest BCUT2D eigenvalue weighted by Crippen LogP contribution is 2.18. The second-order valence-electron chi connectivity index (χ2n) is 6.93. The molecule has 0 saturated carbocycles. The Labute approximate surface area is 135 Å². The highest BCUT2D eigenvalue weighted by molar-refractivity contribution is 6.76. The van der Waals surface area contributed by atoms with Crippen LogP contribution in [0.15, 0.2) is 12.3 Å². The van der Waals surface area contributed by atoms with Gasteiger partial charge in [0.1, 0.15) is 0 Å². The fourth-order valence-corrected chi connectivity index (χ4v) is 3.92. The molecular formula is C19H40OSi. The van der Waals surface area contributed by atoms with Gasteiger partial charge in [0.15, 0.2) is 0 Å². The van der Waals surface area contributed by atoms with Crippen molar-refractivity contribution < 1.29 is 4.43 Å². The van der Waals surface area contributed by atoms with E-state index >= 15 is 0 Å². The van der Waals surface area contributed by atoms with Gasteiger partial charge in [0, 0.05) is 6.10 Å². The third-order valence-corrected chi connectivity index (χ3v) is 6.22. The summed E-state index contributed by atoms with van der Waals surface area (Å²) in [7, 11) is -1.59. The molecule has 2 heteroatoms. The van der Waals surface area contributed by atoms with Crippen LogP contribution in [0.4, 0.5) is 0 Å². The molecule has 0 aromatic rings. The molecule has 0 aromatic carbocycles. The van der Waals surface area contributed by atoms with Crippen LogP contribution in [-0.2, 0) is 4.43 Å². The Balaban J connectivity index is 3.45. The first-order valence-electron chi connectivity index (χ1n) is 9.37. The lowest BCUT2D eigenvalue weighted by atomic mass is 10.0. The lowest BCUT2D eigenvalue weighted by Gasteiger charge is -2.26. The van der Waals surface area contributed by atoms with Crippen LogP contribution in [0.1, 0.15) is 90.9 Å². The molecule has 0 spiro atoms. The van der Waals surface area contributed by atoms with Gasteiger partial charge in [-0.05, 0) is 25.9 Å². The Morgan fingerprint density at radius 3 is 1.76 bits per heavy atom. The van der Waals surface area contributed by atoms with E-state index in [1.54, 1.807) is 0 Å². The fourth-order valence-electron chi connectivity index (χ4n) is 2.68. The maximum Gasteiger partial charge on any atom is 0.210 e. The van der Waals surface area contributed by atoms with Gasteiger partial charge in [-0.3, -0.25) is 0 Å². The number of rotatable bonds is 15. The average Bonchev–Trinajstić information content (AvgIpc) is 2.47. The minimum absolute atomic E-state index is 0.457. The molecule has 0 aromatic heterocycles. The van der Waals surface area contributed by atoms with Crippen LogP contribution >= 0.6 is 0 Å². The first-order chi connectivity index (χ1) is 10.1. The average molecular weight is 313 g/mol. The van der Waals surface area contributed by atoms with Crippen LogP contribution in [0.3, 0.4) is 0 Å². The maximum atomic E-state index is 6.24. The van der Waals surface area contributed by atoms with E-state index in [1.807, 2.05) is 5.70 Å². The summed E-state index contributed by atoms with van der Waals surface area (Å²) in [5, 5.41) is 0. The van der Waals surface area contributed by atoms with Crippen molar-refractivity contribution in [1.82, 2.24) is 0 Å². The molecule has 0 fully saturated rings. The molecule has 0 aliphatic heterocycles. The Kier molecular flexibility index (Phi) is 13.5. The third-order valence-electron chi connectivity index (χ3n) is 4.30. The second-order valence-corrected chi connectivity index (χ2v) is 10.8. The van der Waals surface area contributed by atoms with Crippen molar-refractivity contribution in [3.63, 3.8) is 0 Å². The normalized spacial score (nSPS) is 13.3. The van der Waals surface area contributed by atoms with Gasteiger partial charge in [0.2, 0.25) is 8.32 Å². The lowest BCUT2D eigenvalue weighted by molar-refractivity contribution is 0.177. The molecule has 0 bridgehead atoms. The molecule has 0 aliphatic rings. The Morgan fingerprint density at radius 2 is 1.33 bits per heavy atom. The third kappa shape index (κ3) is 13.3. The number of hydrogen-bond donors (Lipinski definition) is 0. The predicted octanol–water partition coefficient (Wildman–Crippen LogP) is 7.02. The van der Waals surface area contributed by atoms with Crippen LogP contribution in [0.25, 0.3) is 0 Å². The first kappa shape index (κ1) is 20.9. The minimum Gasteiger partial charge on any atom is -0.411 e. The fraction of sp³-hybridized carbons (Fsp3) is 0.895. The second kappa shape index (κ2) is 13.6. The van der Waals surface area contributed by atoms with Crippen LogP contribution in [0.2, 0.25) is 13.1 Å². The molecule has 0 N–H and O–H groups in total. The zero-order valence-electron chi connectivity index (χ0n) is 15.3. The molecule has 1 atom stereocenters. The highest BCUT2D eigenvalue weighted by Gasteiger charge is 2.21. The maximum absolute atomic E-state index is 6.24. The van der Waals surface area contributed by atoms with Gasteiger partial charge < -0.3 is 4.43 Å². The molecule has 0 saturated heterocycles. The molecule has 21 heavy (non-hydrogen) atoms. The van der Waals surface area contributed by atoms with Crippen molar-refractivity contribution >= 4 is 8.32 Å². The standard InChI is InChI=1S/C19H40OSi/c1-6-9-10-11-12-13-14-15-16-17-18-19(7-2)20-21(4,5)8-3/h8,19H,3,6-7,9-18H2,1-2,4-5H3. The monoisotopic (exact) mass is 312 g/mol. The van der Waals surface area contributed by atoms with E-state index in [9.17, 15) is 0 Å². The lowest BCUT2D eigenvalue weighted by Crippen LogP contribution is -2.33. The Hall–Kier alpha value is -0.0831. The van der Waals surface area contributed by atoms with Crippen molar-refractivity contribution in [3.05, 3.63) is 12.3 Å². The molecule has 0 amide bonds. The molecule has 0 rings (SSSR count). The van der Waals surface area contributed by atoms with Crippen molar-refractivity contribution in [2.24, 2.45) is 0 Å². The van der Waals surface area contributed by atoms with E-state index < -0.39 is 8.32 Å². The highest BCUT2D eigenvalue weighted by atomic mass is 28.4. The van der Waals surface area contributed by atoms with Crippen molar-refractivity contribution in [3.8, 4) is 0 Å². The molecular weight excluding hydrogens is 272 g/mol. The minimum atomic E-state index is -1.59. The SMILES string of the molecule is C=C[Si](C)(C)OC(CC)CCCCCCCCCCCC. The molecule has 0 radical (unpaired) electrons. The topological polar surface area (TPSA) is 9.23 Å². The van der Waals surface area contributed by atoms with Crippen LogP contribution in [-0.4, -0.2) is 14.4 Å². The summed E-state index contributed by atoms with van der Waals surface area (Å²) in [5.74, 6) is 0. The summed E-state index contributed by atoms with van der Waals surface area (Å²) in [6.45, 7) is 12.9. The largest absolute Gasteiger partial charge is 0.411 e. The molecule has 0 aliphatic carbocycles. The molecule has 126 valence electrons. The quantitative estimate of drug-likeness (QED) is 0.233. The van der Waals surface area contributed by atoms with Crippen molar-refractivity contribution in [1.29, 1.82) is 0 Å². The predicted molar refractivity (Wildman–Crippen MR) is 99.3 cm³/mol. The van der Waals surface area contributed by atoms with Gasteiger partial charge in [-0.2, -0.15) is 0 Å². The smallest absolute Gasteiger partial charge is 0.210 e. The van der Waals surface area contributed by atoms with Crippen LogP contribution < -0.4 is 0 Å². The molecule has 1 unspecified atom stereocenters. The van der Waals surface area contributed by atoms with Gasteiger partial charge in [-0.1, -0.05) is 83.8 Å². The molecule has 0 heterocycles.